The summed E-state index contributed by atoms with van der Waals surface area (Å²) in [4.78, 5) is 21.4. The summed E-state index contributed by atoms with van der Waals surface area (Å²) in [5, 5.41) is 8.64. The number of likely N-dealkylation sites (N-methyl/N-ethyl adjacent to an activating group) is 2. The van der Waals surface area contributed by atoms with Crippen molar-refractivity contribution in [2.45, 2.75) is 26.9 Å². The van der Waals surface area contributed by atoms with Gasteiger partial charge in [-0.3, -0.25) is 19.5 Å². The van der Waals surface area contributed by atoms with Gasteiger partial charge in [-0.15, -0.1) is 5.53 Å². The number of carbonyl (C=O) groups excluding carboxylic acids is 1. The molecule has 0 bridgehead atoms. The van der Waals surface area contributed by atoms with Crippen molar-refractivity contribution in [1.82, 2.24) is 30.6 Å². The van der Waals surface area contributed by atoms with Crippen molar-refractivity contribution >= 4 is 28.7 Å². The summed E-state index contributed by atoms with van der Waals surface area (Å²) >= 11 is 0. The van der Waals surface area contributed by atoms with E-state index in [-0.39, 0.29) is 11.3 Å². The molecule has 0 saturated carbocycles. The number of benzene rings is 1. The molecule has 0 fully saturated rings. The third kappa shape index (κ3) is 6.05. The van der Waals surface area contributed by atoms with E-state index >= 15 is 0 Å². The standard InChI is InChI=1S/C27H34F3N9O/c1-16-22(11-20(27(28,29)30)12-24(16)37(6)9-8-36(4)5)33-26(40)19-10-25(17(2)31-13-19)39-15-23(34-35-39)21-14-32-38(7)18(21)3/h10-15,34-35H,8-9H2,1-7H3,(H,33,40). The predicted octanol–water partition coefficient (Wildman–Crippen LogP) is 3.84. The van der Waals surface area contributed by atoms with Crippen LogP contribution in [0.15, 0.2) is 36.8 Å². The molecule has 1 aliphatic rings. The van der Waals surface area contributed by atoms with Crippen LogP contribution in [-0.4, -0.2) is 59.8 Å². The van der Waals surface area contributed by atoms with Gasteiger partial charge in [0, 0.05) is 62.2 Å². The highest BCUT2D eigenvalue weighted by Crippen LogP contribution is 2.37. The first-order chi connectivity index (χ1) is 18.8. The number of aromatic nitrogens is 3. The summed E-state index contributed by atoms with van der Waals surface area (Å²) in [6, 6.07) is 3.72. The molecular weight excluding hydrogens is 523 g/mol. The molecule has 0 aliphatic carbocycles. The Bertz CT molecular complexity index is 1450. The van der Waals surface area contributed by atoms with Crippen molar-refractivity contribution < 1.29 is 18.0 Å². The van der Waals surface area contributed by atoms with Crippen LogP contribution in [0.4, 0.5) is 30.2 Å². The first kappa shape index (κ1) is 28.9. The summed E-state index contributed by atoms with van der Waals surface area (Å²) in [7, 11) is 7.38. The minimum atomic E-state index is -4.58. The summed E-state index contributed by atoms with van der Waals surface area (Å²) < 4.78 is 43.1. The van der Waals surface area contributed by atoms with Crippen LogP contribution < -0.4 is 26.2 Å². The van der Waals surface area contributed by atoms with E-state index in [9.17, 15) is 18.0 Å². The molecule has 1 aliphatic heterocycles. The van der Waals surface area contributed by atoms with Gasteiger partial charge in [0.05, 0.1) is 34.4 Å². The number of aryl methyl sites for hydroxylation is 2. The molecule has 214 valence electrons. The zero-order valence-corrected chi connectivity index (χ0v) is 23.6. The lowest BCUT2D eigenvalue weighted by molar-refractivity contribution is -0.137. The fourth-order valence-corrected chi connectivity index (χ4v) is 4.29. The minimum Gasteiger partial charge on any atom is -0.373 e. The van der Waals surface area contributed by atoms with Gasteiger partial charge in [-0.05, 0) is 58.6 Å². The topological polar surface area (TPSA) is 93.6 Å². The second-order valence-corrected chi connectivity index (χ2v) is 10.1. The summed E-state index contributed by atoms with van der Waals surface area (Å²) in [5.74, 6) is -0.572. The quantitative estimate of drug-likeness (QED) is 0.385. The number of nitrogens with one attached hydrogen (secondary N) is 3. The van der Waals surface area contributed by atoms with Crippen LogP contribution in [0.2, 0.25) is 0 Å². The van der Waals surface area contributed by atoms with E-state index in [2.05, 4.69) is 26.4 Å². The van der Waals surface area contributed by atoms with Gasteiger partial charge < -0.3 is 20.5 Å². The van der Waals surface area contributed by atoms with Crippen molar-refractivity contribution in [3.63, 3.8) is 0 Å². The molecule has 3 heterocycles. The second-order valence-electron chi connectivity index (χ2n) is 10.1. The lowest BCUT2D eigenvalue weighted by Gasteiger charge is -2.26. The van der Waals surface area contributed by atoms with Gasteiger partial charge in [0.15, 0.2) is 0 Å². The van der Waals surface area contributed by atoms with Crippen molar-refractivity contribution in [2.75, 3.05) is 49.5 Å². The Labute approximate surface area is 231 Å². The van der Waals surface area contributed by atoms with Crippen molar-refractivity contribution in [1.29, 1.82) is 0 Å². The molecule has 1 aromatic carbocycles. The fraction of sp³-hybridized carbons (Fsp3) is 0.370. The normalized spacial score (nSPS) is 13.5. The molecule has 0 radical (unpaired) electrons. The van der Waals surface area contributed by atoms with Gasteiger partial charge in [0.1, 0.15) is 0 Å². The van der Waals surface area contributed by atoms with E-state index in [4.69, 9.17) is 0 Å². The SMILES string of the molecule is Cc1ncc(C(=O)Nc2cc(C(F)(F)F)cc(N(C)CCN(C)C)c2C)cc1N1C=C(c2cnn(C)c2C)NN1. The van der Waals surface area contributed by atoms with Crippen LogP contribution in [0.1, 0.15) is 38.4 Å². The van der Waals surface area contributed by atoms with E-state index in [0.29, 0.717) is 35.7 Å². The van der Waals surface area contributed by atoms with Gasteiger partial charge in [-0.1, -0.05) is 0 Å². The smallest absolute Gasteiger partial charge is 0.373 e. The van der Waals surface area contributed by atoms with E-state index in [0.717, 1.165) is 29.1 Å². The monoisotopic (exact) mass is 557 g/mol. The molecule has 13 heteroatoms. The molecule has 3 N–H and O–H groups in total. The average Bonchev–Trinajstić information content (AvgIpc) is 3.49. The minimum absolute atomic E-state index is 0.0869. The third-order valence-corrected chi connectivity index (χ3v) is 6.93. The molecular formula is C27H34F3N9O. The average molecular weight is 558 g/mol. The molecule has 1 amide bonds. The molecule has 2 aromatic heterocycles. The number of anilines is 3. The highest BCUT2D eigenvalue weighted by Gasteiger charge is 2.33. The number of nitrogens with zero attached hydrogens (tertiary/aromatic N) is 6. The van der Waals surface area contributed by atoms with E-state index in [1.807, 2.05) is 39.2 Å². The Balaban J connectivity index is 1.62. The molecule has 10 nitrogen and oxygen atoms in total. The highest BCUT2D eigenvalue weighted by atomic mass is 19.4. The molecule has 3 aromatic rings. The van der Waals surface area contributed by atoms with Crippen LogP contribution in [0.25, 0.3) is 5.70 Å². The van der Waals surface area contributed by atoms with Crippen LogP contribution >= 0.6 is 0 Å². The Morgan fingerprint density at radius 2 is 1.80 bits per heavy atom. The zero-order chi connectivity index (χ0) is 29.4. The number of carbonyl (C=O) groups is 1. The van der Waals surface area contributed by atoms with Crippen LogP contribution in [0, 0.1) is 20.8 Å². The molecule has 0 saturated heterocycles. The van der Waals surface area contributed by atoms with Gasteiger partial charge in [-0.2, -0.15) is 18.3 Å². The number of rotatable bonds is 8. The van der Waals surface area contributed by atoms with Gasteiger partial charge >= 0.3 is 6.18 Å². The molecule has 0 unspecified atom stereocenters. The Morgan fingerprint density at radius 3 is 2.42 bits per heavy atom. The maximum Gasteiger partial charge on any atom is 0.416 e. The van der Waals surface area contributed by atoms with Crippen LogP contribution in [0.5, 0.6) is 0 Å². The third-order valence-electron chi connectivity index (χ3n) is 6.93. The number of halogens is 3. The maximum atomic E-state index is 13.8. The van der Waals surface area contributed by atoms with Gasteiger partial charge in [0.25, 0.3) is 5.91 Å². The number of alkyl halides is 3. The first-order valence-electron chi connectivity index (χ1n) is 12.6. The molecule has 4 rings (SSSR count). The zero-order valence-electron chi connectivity index (χ0n) is 23.6. The number of pyridine rings is 1. The highest BCUT2D eigenvalue weighted by molar-refractivity contribution is 6.05. The Hall–Kier alpha value is -4.10. The van der Waals surface area contributed by atoms with Crippen molar-refractivity contribution in [3.05, 3.63) is 70.4 Å². The maximum absolute atomic E-state index is 13.8. The number of amides is 1. The van der Waals surface area contributed by atoms with E-state index in [1.165, 1.54) is 6.20 Å². The Kier molecular flexibility index (Phi) is 8.08. The number of hydrazine groups is 2. The van der Waals surface area contributed by atoms with Crippen molar-refractivity contribution in [3.8, 4) is 0 Å². The lowest BCUT2D eigenvalue weighted by Crippen LogP contribution is -2.36. The molecule has 0 spiro atoms. The lowest BCUT2D eigenvalue weighted by atomic mass is 10.1. The van der Waals surface area contributed by atoms with E-state index < -0.39 is 17.6 Å². The predicted molar refractivity (Wildman–Crippen MR) is 150 cm³/mol. The number of hydrogen-bond acceptors (Lipinski definition) is 8. The van der Waals surface area contributed by atoms with Crippen molar-refractivity contribution in [2.24, 2.45) is 7.05 Å². The van der Waals surface area contributed by atoms with Gasteiger partial charge in [-0.25, -0.2) is 0 Å². The molecule has 0 atom stereocenters. The number of hydrogen-bond donors (Lipinski definition) is 3. The van der Waals surface area contributed by atoms with Gasteiger partial charge in [0.2, 0.25) is 0 Å². The summed E-state index contributed by atoms with van der Waals surface area (Å²) in [6.45, 7) is 6.61. The fourth-order valence-electron chi connectivity index (χ4n) is 4.29. The summed E-state index contributed by atoms with van der Waals surface area (Å²) in [6.07, 6.45) is 0.398. The Morgan fingerprint density at radius 1 is 1.07 bits per heavy atom. The summed E-state index contributed by atoms with van der Waals surface area (Å²) in [5.41, 5.74) is 10.4. The van der Waals surface area contributed by atoms with Crippen LogP contribution in [-0.2, 0) is 13.2 Å². The largest absolute Gasteiger partial charge is 0.416 e. The van der Waals surface area contributed by atoms with E-state index in [1.54, 1.807) is 47.7 Å². The molecule has 40 heavy (non-hydrogen) atoms. The first-order valence-corrected chi connectivity index (χ1v) is 12.6. The van der Waals surface area contributed by atoms with Crippen LogP contribution in [0.3, 0.4) is 0 Å². The second kappa shape index (κ2) is 11.2.